The molecule has 0 bridgehead atoms. The van der Waals surface area contributed by atoms with Crippen LogP contribution in [0.25, 0.3) is 0 Å². The predicted octanol–water partition coefficient (Wildman–Crippen LogP) is 2.06. The molecule has 2 aliphatic heterocycles. The molecule has 1 aromatic carbocycles. The number of benzene rings is 1. The van der Waals surface area contributed by atoms with Crippen molar-refractivity contribution in [3.63, 3.8) is 0 Å². The molecular formula is C19H20N2O5. The zero-order valence-corrected chi connectivity index (χ0v) is 14.5. The Kier molecular flexibility index (Phi) is 4.28. The lowest BCUT2D eigenvalue weighted by Gasteiger charge is -2.23. The first kappa shape index (κ1) is 16.5. The predicted molar refractivity (Wildman–Crippen MR) is 93.1 cm³/mol. The molecule has 0 aliphatic carbocycles. The van der Waals surface area contributed by atoms with Crippen molar-refractivity contribution in [1.29, 1.82) is 0 Å². The summed E-state index contributed by atoms with van der Waals surface area (Å²) in [4.78, 5) is 28.4. The standard InChI is InChI=1S/C19H20N2O5/c1-20(12-15-3-2-6-24-15)19(23)13-9-18(22)21(11-13)14-4-5-16-17(10-14)26-8-7-25-16/h2-6,10,13H,7-9,11-12H2,1H3. The summed E-state index contributed by atoms with van der Waals surface area (Å²) >= 11 is 0. The van der Waals surface area contributed by atoms with E-state index in [4.69, 9.17) is 13.9 Å². The lowest BCUT2D eigenvalue weighted by molar-refractivity contribution is -0.135. The van der Waals surface area contributed by atoms with Gasteiger partial charge in [0, 0.05) is 31.8 Å². The van der Waals surface area contributed by atoms with Crippen molar-refractivity contribution in [2.75, 3.05) is 31.7 Å². The Morgan fingerprint density at radius 2 is 2.04 bits per heavy atom. The van der Waals surface area contributed by atoms with Gasteiger partial charge in [-0.3, -0.25) is 9.59 Å². The van der Waals surface area contributed by atoms with Crippen molar-refractivity contribution in [2.24, 2.45) is 5.92 Å². The Hall–Kier alpha value is -2.96. The molecule has 7 heteroatoms. The molecule has 2 amide bonds. The summed E-state index contributed by atoms with van der Waals surface area (Å²) in [5.74, 6) is 1.54. The minimum Gasteiger partial charge on any atom is -0.486 e. The molecular weight excluding hydrogens is 336 g/mol. The van der Waals surface area contributed by atoms with Gasteiger partial charge >= 0.3 is 0 Å². The van der Waals surface area contributed by atoms with Gasteiger partial charge in [0.2, 0.25) is 11.8 Å². The number of ether oxygens (including phenoxy) is 2. The van der Waals surface area contributed by atoms with Crippen LogP contribution in [0.5, 0.6) is 11.5 Å². The zero-order chi connectivity index (χ0) is 18.1. The van der Waals surface area contributed by atoms with Gasteiger partial charge < -0.3 is 23.7 Å². The van der Waals surface area contributed by atoms with E-state index in [0.717, 1.165) is 5.69 Å². The van der Waals surface area contributed by atoms with Crippen LogP contribution in [0.2, 0.25) is 0 Å². The highest BCUT2D eigenvalue weighted by atomic mass is 16.6. The fourth-order valence-corrected chi connectivity index (χ4v) is 3.35. The number of carbonyl (C=O) groups excluding carboxylic acids is 2. The van der Waals surface area contributed by atoms with E-state index >= 15 is 0 Å². The molecule has 2 aromatic rings. The first-order valence-corrected chi connectivity index (χ1v) is 8.59. The first-order chi connectivity index (χ1) is 12.6. The number of fused-ring (bicyclic) bond motifs is 1. The van der Waals surface area contributed by atoms with E-state index < -0.39 is 0 Å². The van der Waals surface area contributed by atoms with Gasteiger partial charge in [-0.05, 0) is 24.3 Å². The van der Waals surface area contributed by atoms with Crippen molar-refractivity contribution in [3.05, 3.63) is 42.4 Å². The number of anilines is 1. The monoisotopic (exact) mass is 356 g/mol. The second-order valence-corrected chi connectivity index (χ2v) is 6.51. The summed E-state index contributed by atoms with van der Waals surface area (Å²) < 4.78 is 16.4. The molecule has 0 N–H and O–H groups in total. The number of hydrogen-bond donors (Lipinski definition) is 0. The van der Waals surface area contributed by atoms with Crippen LogP contribution in [-0.2, 0) is 16.1 Å². The van der Waals surface area contributed by atoms with E-state index in [-0.39, 0.29) is 24.2 Å². The molecule has 0 radical (unpaired) electrons. The van der Waals surface area contributed by atoms with Gasteiger partial charge in [-0.2, -0.15) is 0 Å². The van der Waals surface area contributed by atoms with Crippen molar-refractivity contribution in [2.45, 2.75) is 13.0 Å². The van der Waals surface area contributed by atoms with E-state index in [1.54, 1.807) is 41.3 Å². The third kappa shape index (κ3) is 3.12. The largest absolute Gasteiger partial charge is 0.486 e. The van der Waals surface area contributed by atoms with Gasteiger partial charge in [-0.25, -0.2) is 0 Å². The van der Waals surface area contributed by atoms with Gasteiger partial charge in [0.25, 0.3) is 0 Å². The molecule has 4 rings (SSSR count). The molecule has 1 aromatic heterocycles. The van der Waals surface area contributed by atoms with Crippen molar-refractivity contribution in [3.8, 4) is 11.5 Å². The average Bonchev–Trinajstić information content (AvgIpc) is 3.30. The Bertz CT molecular complexity index is 817. The molecule has 1 saturated heterocycles. The number of hydrogen-bond acceptors (Lipinski definition) is 5. The molecule has 1 fully saturated rings. The zero-order valence-electron chi connectivity index (χ0n) is 14.5. The fourth-order valence-electron chi connectivity index (χ4n) is 3.35. The minimum absolute atomic E-state index is 0.0604. The normalized spacial score (nSPS) is 18.9. The Morgan fingerprint density at radius 1 is 1.23 bits per heavy atom. The van der Waals surface area contributed by atoms with Crippen LogP contribution < -0.4 is 14.4 Å². The van der Waals surface area contributed by atoms with E-state index in [2.05, 4.69) is 0 Å². The summed E-state index contributed by atoms with van der Waals surface area (Å²) in [6.45, 7) is 1.76. The van der Waals surface area contributed by atoms with E-state index in [0.29, 0.717) is 43.6 Å². The average molecular weight is 356 g/mol. The maximum Gasteiger partial charge on any atom is 0.228 e. The van der Waals surface area contributed by atoms with Gasteiger partial charge in [0.15, 0.2) is 11.5 Å². The maximum atomic E-state index is 12.7. The summed E-state index contributed by atoms with van der Waals surface area (Å²) in [6.07, 6.45) is 1.78. The Balaban J connectivity index is 1.45. The summed E-state index contributed by atoms with van der Waals surface area (Å²) in [5.41, 5.74) is 0.725. The highest BCUT2D eigenvalue weighted by Crippen LogP contribution is 2.36. The molecule has 3 heterocycles. The first-order valence-electron chi connectivity index (χ1n) is 8.59. The fraction of sp³-hybridized carbons (Fsp3) is 0.368. The quantitative estimate of drug-likeness (QED) is 0.839. The summed E-state index contributed by atoms with van der Waals surface area (Å²) in [7, 11) is 1.72. The van der Waals surface area contributed by atoms with Crippen LogP contribution in [0, 0.1) is 5.92 Å². The summed E-state index contributed by atoms with van der Waals surface area (Å²) in [6, 6.07) is 9.04. The van der Waals surface area contributed by atoms with E-state index in [1.165, 1.54) is 0 Å². The number of carbonyl (C=O) groups is 2. The number of furan rings is 1. The SMILES string of the molecule is CN(Cc1ccco1)C(=O)C1CC(=O)N(c2ccc3c(c2)OCCO3)C1. The summed E-state index contributed by atoms with van der Waals surface area (Å²) in [5, 5.41) is 0. The lowest BCUT2D eigenvalue weighted by Crippen LogP contribution is -2.34. The van der Waals surface area contributed by atoms with Crippen LogP contribution in [0.3, 0.4) is 0 Å². The van der Waals surface area contributed by atoms with Crippen molar-refractivity contribution >= 4 is 17.5 Å². The van der Waals surface area contributed by atoms with Crippen LogP contribution in [0.1, 0.15) is 12.2 Å². The van der Waals surface area contributed by atoms with Gasteiger partial charge in [-0.1, -0.05) is 0 Å². The van der Waals surface area contributed by atoms with Crippen molar-refractivity contribution in [1.82, 2.24) is 4.90 Å². The smallest absolute Gasteiger partial charge is 0.228 e. The molecule has 136 valence electrons. The highest BCUT2D eigenvalue weighted by molar-refractivity contribution is 6.00. The number of amides is 2. The maximum absolute atomic E-state index is 12.7. The molecule has 0 spiro atoms. The second kappa shape index (κ2) is 6.74. The third-order valence-electron chi connectivity index (χ3n) is 4.66. The molecule has 7 nitrogen and oxygen atoms in total. The molecule has 1 atom stereocenters. The van der Waals surface area contributed by atoms with E-state index in [9.17, 15) is 9.59 Å². The van der Waals surface area contributed by atoms with Crippen LogP contribution >= 0.6 is 0 Å². The van der Waals surface area contributed by atoms with Gasteiger partial charge in [-0.15, -0.1) is 0 Å². The minimum atomic E-state index is -0.365. The second-order valence-electron chi connectivity index (χ2n) is 6.51. The molecule has 0 saturated carbocycles. The lowest BCUT2D eigenvalue weighted by atomic mass is 10.1. The Labute approximate surface area is 151 Å². The number of rotatable bonds is 4. The highest BCUT2D eigenvalue weighted by Gasteiger charge is 2.37. The number of nitrogens with zero attached hydrogens (tertiary/aromatic N) is 2. The van der Waals surface area contributed by atoms with Gasteiger partial charge in [0.05, 0.1) is 18.7 Å². The molecule has 2 aliphatic rings. The van der Waals surface area contributed by atoms with E-state index in [1.807, 2.05) is 12.1 Å². The molecule has 26 heavy (non-hydrogen) atoms. The van der Waals surface area contributed by atoms with Crippen LogP contribution in [0.4, 0.5) is 5.69 Å². The Morgan fingerprint density at radius 3 is 2.81 bits per heavy atom. The molecule has 1 unspecified atom stereocenters. The van der Waals surface area contributed by atoms with Crippen LogP contribution in [0.15, 0.2) is 41.0 Å². The van der Waals surface area contributed by atoms with Crippen molar-refractivity contribution < 1.29 is 23.5 Å². The topological polar surface area (TPSA) is 72.2 Å². The van der Waals surface area contributed by atoms with Gasteiger partial charge in [0.1, 0.15) is 19.0 Å². The van der Waals surface area contributed by atoms with Crippen LogP contribution in [-0.4, -0.2) is 43.5 Å². The third-order valence-corrected chi connectivity index (χ3v) is 4.66.